The molecule has 6 nitrogen and oxygen atoms in total. The zero-order chi connectivity index (χ0) is 17.6. The van der Waals surface area contributed by atoms with E-state index in [1.54, 1.807) is 11.7 Å². The lowest BCUT2D eigenvalue weighted by molar-refractivity contribution is -0.119. The first-order valence-corrected chi connectivity index (χ1v) is 10.4. The first-order chi connectivity index (χ1) is 12.2. The van der Waals surface area contributed by atoms with E-state index in [1.807, 2.05) is 11.4 Å². The summed E-state index contributed by atoms with van der Waals surface area (Å²) in [7, 11) is 1.60. The highest BCUT2D eigenvalue weighted by Crippen LogP contribution is 2.21. The number of rotatable bonds is 7. The Morgan fingerprint density at radius 1 is 1.44 bits per heavy atom. The van der Waals surface area contributed by atoms with Crippen LogP contribution in [-0.4, -0.2) is 41.0 Å². The summed E-state index contributed by atoms with van der Waals surface area (Å²) in [5.74, 6) is 0.279. The summed E-state index contributed by atoms with van der Waals surface area (Å²) in [6, 6.07) is 2.14. The Morgan fingerprint density at radius 3 is 3.00 bits per heavy atom. The second-order valence-corrected chi connectivity index (χ2v) is 8.03. The largest absolute Gasteiger partial charge is 0.383 e. The summed E-state index contributed by atoms with van der Waals surface area (Å²) in [5.41, 5.74) is 0.631. The number of aromatic nitrogens is 2. The van der Waals surface area contributed by atoms with Crippen molar-refractivity contribution in [1.29, 1.82) is 0 Å². The summed E-state index contributed by atoms with van der Waals surface area (Å²) in [6.45, 7) is 0.864. The highest BCUT2D eigenvalue weighted by molar-refractivity contribution is 7.99. The average Bonchev–Trinajstić information content (AvgIpc) is 3.09. The Bertz CT molecular complexity index is 781. The maximum absolute atomic E-state index is 12.6. The topological polar surface area (TPSA) is 73.2 Å². The van der Waals surface area contributed by atoms with Crippen LogP contribution in [0.1, 0.15) is 32.1 Å². The number of nitrogens with one attached hydrogen (secondary N) is 1. The quantitative estimate of drug-likeness (QED) is 0.590. The predicted octanol–water partition coefficient (Wildman–Crippen LogP) is 2.65. The molecular formula is C17H23N3O3S2. The van der Waals surface area contributed by atoms with Crippen molar-refractivity contribution in [3.05, 3.63) is 21.8 Å². The molecule has 1 aliphatic rings. The lowest BCUT2D eigenvalue weighted by atomic mass is 9.95. The highest BCUT2D eigenvalue weighted by Gasteiger charge is 2.17. The molecule has 0 aliphatic heterocycles. The Labute approximate surface area is 155 Å². The predicted molar refractivity (Wildman–Crippen MR) is 101 cm³/mol. The van der Waals surface area contributed by atoms with Crippen molar-refractivity contribution in [2.45, 2.75) is 49.8 Å². The number of ether oxygens (including phenoxy) is 1. The van der Waals surface area contributed by atoms with Gasteiger partial charge in [-0.1, -0.05) is 31.0 Å². The molecule has 1 fully saturated rings. The van der Waals surface area contributed by atoms with Crippen LogP contribution in [-0.2, 0) is 16.1 Å². The summed E-state index contributed by atoms with van der Waals surface area (Å²) < 4.78 is 7.36. The van der Waals surface area contributed by atoms with Gasteiger partial charge in [0.25, 0.3) is 5.56 Å². The van der Waals surface area contributed by atoms with Crippen molar-refractivity contribution in [3.8, 4) is 0 Å². The molecule has 1 N–H and O–H groups in total. The Hall–Kier alpha value is -1.38. The first-order valence-electron chi connectivity index (χ1n) is 8.58. The van der Waals surface area contributed by atoms with Gasteiger partial charge in [-0.25, -0.2) is 4.98 Å². The molecule has 0 aromatic carbocycles. The molecule has 1 amide bonds. The van der Waals surface area contributed by atoms with Crippen LogP contribution >= 0.6 is 23.1 Å². The van der Waals surface area contributed by atoms with Crippen LogP contribution in [0.5, 0.6) is 0 Å². The van der Waals surface area contributed by atoms with Crippen molar-refractivity contribution >= 4 is 39.2 Å². The molecule has 0 saturated heterocycles. The number of carbonyl (C=O) groups excluding carboxylic acids is 1. The normalized spacial score (nSPS) is 15.6. The fraction of sp³-hybridized carbons (Fsp3) is 0.588. The van der Waals surface area contributed by atoms with Gasteiger partial charge in [0.2, 0.25) is 5.91 Å². The zero-order valence-electron chi connectivity index (χ0n) is 14.3. The van der Waals surface area contributed by atoms with Crippen LogP contribution in [0.25, 0.3) is 10.2 Å². The number of methoxy groups -OCH3 is 1. The van der Waals surface area contributed by atoms with E-state index < -0.39 is 0 Å². The number of carbonyl (C=O) groups is 1. The summed E-state index contributed by atoms with van der Waals surface area (Å²) in [6.07, 6.45) is 5.76. The van der Waals surface area contributed by atoms with Crippen LogP contribution in [0.2, 0.25) is 0 Å². The van der Waals surface area contributed by atoms with Gasteiger partial charge in [-0.15, -0.1) is 11.3 Å². The number of thioether (sulfide) groups is 1. The minimum atomic E-state index is -0.0627. The average molecular weight is 382 g/mol. The van der Waals surface area contributed by atoms with Gasteiger partial charge in [-0.2, -0.15) is 0 Å². The monoisotopic (exact) mass is 381 g/mol. The highest BCUT2D eigenvalue weighted by atomic mass is 32.2. The molecule has 0 bridgehead atoms. The fourth-order valence-electron chi connectivity index (χ4n) is 3.06. The lowest BCUT2D eigenvalue weighted by Crippen LogP contribution is -2.37. The van der Waals surface area contributed by atoms with Crippen LogP contribution in [0, 0.1) is 0 Å². The van der Waals surface area contributed by atoms with Crippen molar-refractivity contribution in [2.24, 2.45) is 0 Å². The van der Waals surface area contributed by atoms with E-state index in [2.05, 4.69) is 10.3 Å². The third kappa shape index (κ3) is 4.62. The Balaban J connectivity index is 1.70. The minimum Gasteiger partial charge on any atom is -0.383 e. The number of fused-ring (bicyclic) bond motifs is 1. The second-order valence-electron chi connectivity index (χ2n) is 6.17. The molecule has 0 spiro atoms. The fourth-order valence-corrected chi connectivity index (χ4v) is 4.67. The van der Waals surface area contributed by atoms with Crippen molar-refractivity contribution in [2.75, 3.05) is 19.5 Å². The van der Waals surface area contributed by atoms with Gasteiger partial charge in [0, 0.05) is 13.2 Å². The van der Waals surface area contributed by atoms with Gasteiger partial charge in [0.1, 0.15) is 4.70 Å². The lowest BCUT2D eigenvalue weighted by Gasteiger charge is -2.22. The summed E-state index contributed by atoms with van der Waals surface area (Å²) >= 11 is 2.71. The number of nitrogens with zero attached hydrogens (tertiary/aromatic N) is 2. The van der Waals surface area contributed by atoms with Crippen LogP contribution in [0.3, 0.4) is 0 Å². The van der Waals surface area contributed by atoms with Crippen molar-refractivity contribution in [3.63, 3.8) is 0 Å². The molecule has 1 aliphatic carbocycles. The van der Waals surface area contributed by atoms with E-state index in [9.17, 15) is 9.59 Å². The van der Waals surface area contributed by atoms with E-state index in [4.69, 9.17) is 4.74 Å². The number of amides is 1. The van der Waals surface area contributed by atoms with E-state index in [1.165, 1.54) is 42.4 Å². The SMILES string of the molecule is COCCn1c(SCC(=O)NC2CCCCC2)nc2ccsc2c1=O. The Kier molecular flexibility index (Phi) is 6.50. The first kappa shape index (κ1) is 18.4. The van der Waals surface area contributed by atoms with Gasteiger partial charge < -0.3 is 10.1 Å². The number of hydrogen-bond acceptors (Lipinski definition) is 6. The second kappa shape index (κ2) is 8.82. The molecule has 0 radical (unpaired) electrons. The molecule has 2 aromatic heterocycles. The summed E-state index contributed by atoms with van der Waals surface area (Å²) in [4.78, 5) is 29.4. The van der Waals surface area contributed by atoms with E-state index in [0.29, 0.717) is 34.6 Å². The Morgan fingerprint density at radius 2 is 2.24 bits per heavy atom. The van der Waals surface area contributed by atoms with Gasteiger partial charge in [-0.05, 0) is 24.3 Å². The van der Waals surface area contributed by atoms with Gasteiger partial charge >= 0.3 is 0 Å². The number of thiophene rings is 1. The molecular weight excluding hydrogens is 358 g/mol. The molecule has 2 heterocycles. The minimum absolute atomic E-state index is 0.00913. The zero-order valence-corrected chi connectivity index (χ0v) is 16.0. The van der Waals surface area contributed by atoms with Gasteiger partial charge in [0.05, 0.1) is 24.4 Å². The smallest absolute Gasteiger partial charge is 0.272 e. The summed E-state index contributed by atoms with van der Waals surface area (Å²) in [5, 5.41) is 5.54. The molecule has 25 heavy (non-hydrogen) atoms. The van der Waals surface area contributed by atoms with Gasteiger partial charge in [0.15, 0.2) is 5.16 Å². The standard InChI is InChI=1S/C17H23N3O3S2/c1-23-9-8-20-16(22)15-13(7-10-24-15)19-17(20)25-11-14(21)18-12-5-3-2-4-6-12/h7,10,12H,2-6,8-9,11H2,1H3,(H,18,21). The third-order valence-electron chi connectivity index (χ3n) is 4.35. The van der Waals surface area contributed by atoms with Crippen LogP contribution < -0.4 is 10.9 Å². The van der Waals surface area contributed by atoms with Crippen molar-refractivity contribution < 1.29 is 9.53 Å². The molecule has 1 saturated carbocycles. The molecule has 2 aromatic rings. The van der Waals surface area contributed by atoms with Crippen LogP contribution in [0.15, 0.2) is 21.4 Å². The maximum Gasteiger partial charge on any atom is 0.272 e. The van der Waals surface area contributed by atoms with E-state index in [-0.39, 0.29) is 17.2 Å². The van der Waals surface area contributed by atoms with E-state index in [0.717, 1.165) is 12.8 Å². The molecule has 3 rings (SSSR count). The van der Waals surface area contributed by atoms with Crippen LogP contribution in [0.4, 0.5) is 0 Å². The van der Waals surface area contributed by atoms with Gasteiger partial charge in [-0.3, -0.25) is 14.2 Å². The molecule has 136 valence electrons. The van der Waals surface area contributed by atoms with E-state index >= 15 is 0 Å². The molecule has 0 atom stereocenters. The van der Waals surface area contributed by atoms with Crippen molar-refractivity contribution in [1.82, 2.24) is 14.9 Å². The maximum atomic E-state index is 12.6. The molecule has 8 heteroatoms. The number of hydrogen-bond donors (Lipinski definition) is 1. The molecule has 0 unspecified atom stereocenters. The third-order valence-corrected chi connectivity index (χ3v) is 6.22.